The Kier molecular flexibility index (Phi) is 6.53. The van der Waals surface area contributed by atoms with Crippen molar-refractivity contribution < 1.29 is 9.53 Å². The topological polar surface area (TPSA) is 61.2 Å². The number of thiophene rings is 1. The SMILES string of the molecule is CCOc1ccc(C(=O)CSc2nc3sc(CC)cc3c(=O)n2-c2ccccc2)cc1. The standard InChI is InChI=1S/C24H22N2O3S2/c1-3-19-14-20-22(31-19)25-24(26(23(20)28)17-8-6-5-7-9-17)30-15-21(27)16-10-12-18(13-11-16)29-4-2/h5-14H,3-4,15H2,1-2H3. The monoisotopic (exact) mass is 450 g/mol. The van der Waals surface area contributed by atoms with E-state index in [9.17, 15) is 9.59 Å². The first kappa shape index (κ1) is 21.3. The maximum Gasteiger partial charge on any atom is 0.267 e. The van der Waals surface area contributed by atoms with E-state index in [1.165, 1.54) is 23.1 Å². The number of para-hydroxylation sites is 1. The lowest BCUT2D eigenvalue weighted by atomic mass is 10.1. The zero-order valence-corrected chi connectivity index (χ0v) is 19.0. The molecule has 0 fully saturated rings. The molecular formula is C24H22N2O3S2. The van der Waals surface area contributed by atoms with Gasteiger partial charge in [-0.05, 0) is 55.8 Å². The Morgan fingerprint density at radius 2 is 1.84 bits per heavy atom. The van der Waals surface area contributed by atoms with Gasteiger partial charge in [0.1, 0.15) is 10.6 Å². The van der Waals surface area contributed by atoms with Gasteiger partial charge < -0.3 is 4.74 Å². The number of rotatable bonds is 8. The van der Waals surface area contributed by atoms with Crippen molar-refractivity contribution in [2.75, 3.05) is 12.4 Å². The minimum absolute atomic E-state index is 0.0255. The van der Waals surface area contributed by atoms with Crippen molar-refractivity contribution in [2.45, 2.75) is 25.4 Å². The Morgan fingerprint density at radius 3 is 2.52 bits per heavy atom. The molecule has 0 N–H and O–H groups in total. The van der Waals surface area contributed by atoms with E-state index in [-0.39, 0.29) is 17.1 Å². The van der Waals surface area contributed by atoms with Crippen LogP contribution in [0.25, 0.3) is 15.9 Å². The molecule has 0 atom stereocenters. The van der Waals surface area contributed by atoms with Gasteiger partial charge in [-0.1, -0.05) is 36.9 Å². The molecule has 0 aliphatic heterocycles. The molecule has 4 rings (SSSR count). The van der Waals surface area contributed by atoms with Crippen LogP contribution in [-0.2, 0) is 6.42 Å². The first-order valence-corrected chi connectivity index (χ1v) is 11.9. The second-order valence-electron chi connectivity index (χ2n) is 6.82. The molecule has 4 aromatic rings. The molecule has 2 aromatic carbocycles. The number of ether oxygens (including phenoxy) is 1. The molecule has 31 heavy (non-hydrogen) atoms. The van der Waals surface area contributed by atoms with Crippen molar-refractivity contribution in [1.29, 1.82) is 0 Å². The summed E-state index contributed by atoms with van der Waals surface area (Å²) in [5.41, 5.74) is 1.24. The number of thioether (sulfide) groups is 1. The number of Topliss-reactive ketones (excluding diaryl/α,β-unsaturated/α-hetero) is 1. The van der Waals surface area contributed by atoms with E-state index in [1.54, 1.807) is 28.8 Å². The molecule has 0 saturated carbocycles. The van der Waals surface area contributed by atoms with Gasteiger partial charge in [0.2, 0.25) is 0 Å². The third-order valence-electron chi connectivity index (χ3n) is 4.77. The van der Waals surface area contributed by atoms with Crippen LogP contribution in [0.1, 0.15) is 29.1 Å². The minimum atomic E-state index is -0.108. The molecule has 0 saturated heterocycles. The molecule has 0 bridgehead atoms. The summed E-state index contributed by atoms with van der Waals surface area (Å²) in [7, 11) is 0. The summed E-state index contributed by atoms with van der Waals surface area (Å²) in [4.78, 5) is 32.7. The minimum Gasteiger partial charge on any atom is -0.494 e. The van der Waals surface area contributed by atoms with Gasteiger partial charge in [0, 0.05) is 10.4 Å². The van der Waals surface area contributed by atoms with Crippen LogP contribution in [0.2, 0.25) is 0 Å². The van der Waals surface area contributed by atoms with E-state index in [2.05, 4.69) is 6.92 Å². The maximum atomic E-state index is 13.3. The molecule has 0 aliphatic carbocycles. The van der Waals surface area contributed by atoms with Crippen LogP contribution in [0.4, 0.5) is 0 Å². The van der Waals surface area contributed by atoms with Gasteiger partial charge in [0.25, 0.3) is 5.56 Å². The van der Waals surface area contributed by atoms with Crippen LogP contribution in [0.15, 0.2) is 70.6 Å². The summed E-state index contributed by atoms with van der Waals surface area (Å²) in [5, 5.41) is 1.14. The molecule has 158 valence electrons. The number of carbonyl (C=O) groups is 1. The van der Waals surface area contributed by atoms with Gasteiger partial charge in [-0.25, -0.2) is 4.98 Å². The zero-order chi connectivity index (χ0) is 21.8. The van der Waals surface area contributed by atoms with Gasteiger partial charge in [-0.3, -0.25) is 14.2 Å². The third kappa shape index (κ3) is 4.57. The number of aromatic nitrogens is 2. The number of carbonyl (C=O) groups excluding carboxylic acids is 1. The van der Waals surface area contributed by atoms with Gasteiger partial charge in [0.05, 0.1) is 23.4 Å². The molecule has 7 heteroatoms. The summed E-state index contributed by atoms with van der Waals surface area (Å²) >= 11 is 2.81. The Morgan fingerprint density at radius 1 is 1.10 bits per heavy atom. The fraction of sp³-hybridized carbons (Fsp3) is 0.208. The van der Waals surface area contributed by atoms with Gasteiger partial charge in [-0.15, -0.1) is 11.3 Å². The molecule has 5 nitrogen and oxygen atoms in total. The first-order valence-electron chi connectivity index (χ1n) is 10.1. The largest absolute Gasteiger partial charge is 0.494 e. The van der Waals surface area contributed by atoms with E-state index in [0.29, 0.717) is 27.5 Å². The Balaban J connectivity index is 1.67. The lowest BCUT2D eigenvalue weighted by Crippen LogP contribution is -2.21. The average Bonchev–Trinajstić information content (AvgIpc) is 3.22. The van der Waals surface area contributed by atoms with Crippen LogP contribution in [0, 0.1) is 0 Å². The van der Waals surface area contributed by atoms with Crippen molar-refractivity contribution in [3.63, 3.8) is 0 Å². The lowest BCUT2D eigenvalue weighted by molar-refractivity contribution is 0.102. The Labute approximate surface area is 188 Å². The smallest absolute Gasteiger partial charge is 0.267 e. The second kappa shape index (κ2) is 9.49. The fourth-order valence-electron chi connectivity index (χ4n) is 3.20. The van der Waals surface area contributed by atoms with E-state index in [0.717, 1.165) is 22.7 Å². The highest BCUT2D eigenvalue weighted by molar-refractivity contribution is 7.99. The Bertz CT molecular complexity index is 1260. The van der Waals surface area contributed by atoms with Gasteiger partial charge >= 0.3 is 0 Å². The third-order valence-corrected chi connectivity index (χ3v) is 6.88. The van der Waals surface area contributed by atoms with Crippen LogP contribution >= 0.6 is 23.1 Å². The fourth-order valence-corrected chi connectivity index (χ4v) is 5.12. The van der Waals surface area contributed by atoms with E-state index < -0.39 is 0 Å². The summed E-state index contributed by atoms with van der Waals surface area (Å²) < 4.78 is 7.04. The maximum absolute atomic E-state index is 13.3. The number of hydrogen-bond acceptors (Lipinski definition) is 6. The quantitative estimate of drug-likeness (QED) is 0.205. The van der Waals surface area contributed by atoms with E-state index in [1.807, 2.05) is 43.3 Å². The summed E-state index contributed by atoms with van der Waals surface area (Å²) in [6, 6.07) is 18.5. The van der Waals surface area contributed by atoms with Crippen molar-refractivity contribution in [1.82, 2.24) is 9.55 Å². The predicted octanol–water partition coefficient (Wildman–Crippen LogP) is 5.38. The number of aryl methyl sites for hydroxylation is 1. The molecule has 0 unspecified atom stereocenters. The number of nitrogens with zero attached hydrogens (tertiary/aromatic N) is 2. The van der Waals surface area contributed by atoms with Gasteiger partial charge in [-0.2, -0.15) is 0 Å². The Hall–Kier alpha value is -2.90. The van der Waals surface area contributed by atoms with Crippen molar-refractivity contribution in [3.05, 3.63) is 81.5 Å². The first-order chi connectivity index (χ1) is 15.1. The van der Waals surface area contributed by atoms with Crippen molar-refractivity contribution >= 4 is 39.1 Å². The summed E-state index contributed by atoms with van der Waals surface area (Å²) in [5.74, 6) is 0.897. The van der Waals surface area contributed by atoms with Gasteiger partial charge in [0.15, 0.2) is 10.9 Å². The second-order valence-corrected chi connectivity index (χ2v) is 8.88. The van der Waals surface area contributed by atoms with Crippen molar-refractivity contribution in [2.24, 2.45) is 0 Å². The van der Waals surface area contributed by atoms with Crippen LogP contribution < -0.4 is 10.3 Å². The average molecular weight is 451 g/mol. The van der Waals surface area contributed by atoms with Crippen LogP contribution in [0.5, 0.6) is 5.75 Å². The molecular weight excluding hydrogens is 428 g/mol. The highest BCUT2D eigenvalue weighted by atomic mass is 32.2. The van der Waals surface area contributed by atoms with Crippen LogP contribution in [-0.4, -0.2) is 27.7 Å². The summed E-state index contributed by atoms with van der Waals surface area (Å²) in [6.45, 7) is 4.56. The molecule has 0 spiro atoms. The number of fused-ring (bicyclic) bond motifs is 1. The highest BCUT2D eigenvalue weighted by Gasteiger charge is 2.17. The number of benzene rings is 2. The van der Waals surface area contributed by atoms with Crippen LogP contribution in [0.3, 0.4) is 0 Å². The summed E-state index contributed by atoms with van der Waals surface area (Å²) in [6.07, 6.45) is 0.852. The van der Waals surface area contributed by atoms with E-state index >= 15 is 0 Å². The molecule has 2 aromatic heterocycles. The molecule has 0 amide bonds. The normalized spacial score (nSPS) is 11.0. The lowest BCUT2D eigenvalue weighted by Gasteiger charge is -2.12. The predicted molar refractivity (Wildman–Crippen MR) is 127 cm³/mol. The highest BCUT2D eigenvalue weighted by Crippen LogP contribution is 2.27. The molecule has 0 aliphatic rings. The molecule has 0 radical (unpaired) electrons. The van der Waals surface area contributed by atoms with E-state index in [4.69, 9.17) is 9.72 Å². The zero-order valence-electron chi connectivity index (χ0n) is 17.3. The molecule has 2 heterocycles. The number of ketones is 1. The number of hydrogen-bond donors (Lipinski definition) is 0. The van der Waals surface area contributed by atoms with Crippen molar-refractivity contribution in [3.8, 4) is 11.4 Å².